The molecule has 3 heterocycles. The van der Waals surface area contributed by atoms with E-state index in [1.807, 2.05) is 36.4 Å². The number of para-hydroxylation sites is 1. The lowest BCUT2D eigenvalue weighted by molar-refractivity contribution is 0.0984. The molecule has 0 spiro atoms. The van der Waals surface area contributed by atoms with E-state index in [9.17, 15) is 4.79 Å². The molecule has 0 aliphatic carbocycles. The number of benzene rings is 2. The molecule has 1 aromatic heterocycles. The van der Waals surface area contributed by atoms with Gasteiger partial charge in [0.25, 0.3) is 5.91 Å². The van der Waals surface area contributed by atoms with E-state index in [4.69, 9.17) is 13.9 Å². The number of fused-ring (bicyclic) bond motifs is 2. The molecule has 0 N–H and O–H groups in total. The molecular formula is C21H18N2O4. The SMILES string of the molecule is C[C@H]1CN(C(=O)c2ncoc2-c2ccc3c(c2)OCCO3)c2ccccc21. The number of hydrogen-bond acceptors (Lipinski definition) is 5. The van der Waals surface area contributed by atoms with Crippen LogP contribution in [0.3, 0.4) is 0 Å². The van der Waals surface area contributed by atoms with Gasteiger partial charge in [-0.25, -0.2) is 4.98 Å². The van der Waals surface area contributed by atoms with Crippen molar-refractivity contribution in [2.24, 2.45) is 0 Å². The van der Waals surface area contributed by atoms with Gasteiger partial charge in [0.2, 0.25) is 0 Å². The zero-order valence-electron chi connectivity index (χ0n) is 14.8. The summed E-state index contributed by atoms with van der Waals surface area (Å²) in [6.45, 7) is 3.79. The molecule has 0 fully saturated rings. The second-order valence-corrected chi connectivity index (χ2v) is 6.76. The summed E-state index contributed by atoms with van der Waals surface area (Å²) in [6.07, 6.45) is 1.31. The summed E-state index contributed by atoms with van der Waals surface area (Å²) in [4.78, 5) is 19.2. The summed E-state index contributed by atoms with van der Waals surface area (Å²) < 4.78 is 16.8. The van der Waals surface area contributed by atoms with Crippen LogP contribution >= 0.6 is 0 Å². The summed E-state index contributed by atoms with van der Waals surface area (Å²) >= 11 is 0. The van der Waals surface area contributed by atoms with Crippen LogP contribution < -0.4 is 14.4 Å². The van der Waals surface area contributed by atoms with Crippen LogP contribution in [0.25, 0.3) is 11.3 Å². The van der Waals surface area contributed by atoms with E-state index < -0.39 is 0 Å². The Morgan fingerprint density at radius 1 is 1.11 bits per heavy atom. The fraction of sp³-hybridized carbons (Fsp3) is 0.238. The number of rotatable bonds is 2. The number of anilines is 1. The zero-order valence-corrected chi connectivity index (χ0v) is 14.8. The van der Waals surface area contributed by atoms with Crippen LogP contribution in [0.5, 0.6) is 11.5 Å². The molecule has 2 aliphatic heterocycles. The van der Waals surface area contributed by atoms with Gasteiger partial charge in [0.15, 0.2) is 29.3 Å². The van der Waals surface area contributed by atoms with Crippen molar-refractivity contribution in [1.29, 1.82) is 0 Å². The maximum absolute atomic E-state index is 13.2. The van der Waals surface area contributed by atoms with Gasteiger partial charge < -0.3 is 18.8 Å². The van der Waals surface area contributed by atoms with Gasteiger partial charge in [0, 0.05) is 23.7 Å². The van der Waals surface area contributed by atoms with Gasteiger partial charge in [0.05, 0.1) is 0 Å². The smallest absolute Gasteiger partial charge is 0.280 e. The van der Waals surface area contributed by atoms with Crippen molar-refractivity contribution >= 4 is 11.6 Å². The molecule has 3 aromatic rings. The Balaban J connectivity index is 1.52. The fourth-order valence-corrected chi connectivity index (χ4v) is 3.73. The van der Waals surface area contributed by atoms with Gasteiger partial charge in [-0.15, -0.1) is 0 Å². The molecule has 1 atom stereocenters. The summed E-state index contributed by atoms with van der Waals surface area (Å²) in [5.41, 5.74) is 3.15. The number of oxazole rings is 1. The van der Waals surface area contributed by atoms with E-state index >= 15 is 0 Å². The minimum Gasteiger partial charge on any atom is -0.486 e. The first-order valence-corrected chi connectivity index (χ1v) is 8.96. The first-order valence-electron chi connectivity index (χ1n) is 8.96. The number of amides is 1. The van der Waals surface area contributed by atoms with E-state index in [0.717, 1.165) is 11.3 Å². The van der Waals surface area contributed by atoms with Crippen LogP contribution in [-0.2, 0) is 0 Å². The van der Waals surface area contributed by atoms with Gasteiger partial charge in [-0.3, -0.25) is 4.79 Å². The summed E-state index contributed by atoms with van der Waals surface area (Å²) in [5.74, 6) is 1.91. The molecule has 6 nitrogen and oxygen atoms in total. The van der Waals surface area contributed by atoms with Crippen LogP contribution in [0.1, 0.15) is 28.9 Å². The first-order chi connectivity index (χ1) is 13.2. The van der Waals surface area contributed by atoms with E-state index in [-0.39, 0.29) is 11.8 Å². The lowest BCUT2D eigenvalue weighted by Gasteiger charge is -2.19. The highest BCUT2D eigenvalue weighted by Gasteiger charge is 2.33. The lowest BCUT2D eigenvalue weighted by Crippen LogP contribution is -2.30. The van der Waals surface area contributed by atoms with Gasteiger partial charge in [-0.2, -0.15) is 0 Å². The predicted molar refractivity (Wildman–Crippen MR) is 99.5 cm³/mol. The predicted octanol–water partition coefficient (Wildman–Crippen LogP) is 3.88. The molecule has 6 heteroatoms. The minimum absolute atomic E-state index is 0.162. The van der Waals surface area contributed by atoms with Crippen molar-refractivity contribution in [3.63, 3.8) is 0 Å². The van der Waals surface area contributed by atoms with Crippen molar-refractivity contribution in [3.8, 4) is 22.8 Å². The number of ether oxygens (including phenoxy) is 2. The summed E-state index contributed by atoms with van der Waals surface area (Å²) in [7, 11) is 0. The van der Waals surface area contributed by atoms with Crippen molar-refractivity contribution in [2.75, 3.05) is 24.7 Å². The van der Waals surface area contributed by atoms with Crippen LogP contribution in [0.15, 0.2) is 53.3 Å². The number of hydrogen-bond donors (Lipinski definition) is 0. The Labute approximate surface area is 156 Å². The molecule has 0 unspecified atom stereocenters. The van der Waals surface area contributed by atoms with Crippen LogP contribution in [0, 0.1) is 0 Å². The molecule has 1 amide bonds. The molecular weight excluding hydrogens is 344 g/mol. The van der Waals surface area contributed by atoms with Crippen molar-refractivity contribution in [1.82, 2.24) is 4.98 Å². The Morgan fingerprint density at radius 3 is 2.81 bits per heavy atom. The van der Waals surface area contributed by atoms with E-state index in [1.165, 1.54) is 12.0 Å². The molecule has 2 aliphatic rings. The van der Waals surface area contributed by atoms with Gasteiger partial charge in [-0.05, 0) is 29.8 Å². The normalized spacial score (nSPS) is 17.7. The monoisotopic (exact) mass is 362 g/mol. The van der Waals surface area contributed by atoms with Crippen LogP contribution in [0.4, 0.5) is 5.69 Å². The van der Waals surface area contributed by atoms with Crippen molar-refractivity contribution in [3.05, 3.63) is 60.1 Å². The molecule has 136 valence electrons. The Bertz CT molecular complexity index is 1030. The molecule has 27 heavy (non-hydrogen) atoms. The second-order valence-electron chi connectivity index (χ2n) is 6.76. The molecule has 5 rings (SSSR count). The maximum atomic E-state index is 13.2. The third-order valence-electron chi connectivity index (χ3n) is 5.03. The Morgan fingerprint density at radius 2 is 1.93 bits per heavy atom. The average Bonchev–Trinajstić information content (AvgIpc) is 3.33. The number of aromatic nitrogens is 1. The van der Waals surface area contributed by atoms with Gasteiger partial charge in [0.1, 0.15) is 13.2 Å². The molecule has 0 saturated carbocycles. The van der Waals surface area contributed by atoms with Crippen molar-refractivity contribution < 1.29 is 18.7 Å². The highest BCUT2D eigenvalue weighted by molar-refractivity contribution is 6.09. The largest absolute Gasteiger partial charge is 0.486 e. The molecule has 0 bridgehead atoms. The molecule has 2 aromatic carbocycles. The van der Waals surface area contributed by atoms with Gasteiger partial charge >= 0.3 is 0 Å². The van der Waals surface area contributed by atoms with Crippen LogP contribution in [0.2, 0.25) is 0 Å². The Kier molecular flexibility index (Phi) is 3.63. The second kappa shape index (κ2) is 6.16. The highest BCUT2D eigenvalue weighted by Crippen LogP contribution is 2.39. The molecule has 0 radical (unpaired) electrons. The van der Waals surface area contributed by atoms with Crippen molar-refractivity contribution in [2.45, 2.75) is 12.8 Å². The van der Waals surface area contributed by atoms with E-state index in [1.54, 1.807) is 4.90 Å². The Hall–Kier alpha value is -3.28. The quantitative estimate of drug-likeness (QED) is 0.692. The van der Waals surface area contributed by atoms with E-state index in [2.05, 4.69) is 18.0 Å². The number of carbonyl (C=O) groups is 1. The zero-order chi connectivity index (χ0) is 18.4. The topological polar surface area (TPSA) is 64.8 Å². The average molecular weight is 362 g/mol. The first kappa shape index (κ1) is 15.9. The lowest BCUT2D eigenvalue weighted by atomic mass is 10.0. The fourth-order valence-electron chi connectivity index (χ4n) is 3.73. The maximum Gasteiger partial charge on any atom is 0.280 e. The standard InChI is InChI=1S/C21H18N2O4/c1-13-11-23(16-5-3-2-4-15(13)16)21(24)19-20(27-12-22-19)14-6-7-17-18(10-14)26-9-8-25-17/h2-7,10,12-13H,8-9,11H2,1H3/t13-/m0/s1. The summed E-state index contributed by atoms with van der Waals surface area (Å²) in [5, 5.41) is 0. The third-order valence-corrected chi connectivity index (χ3v) is 5.03. The molecule has 0 saturated heterocycles. The third kappa shape index (κ3) is 2.56. The van der Waals surface area contributed by atoms with Gasteiger partial charge in [-0.1, -0.05) is 25.1 Å². The van der Waals surface area contributed by atoms with Crippen LogP contribution in [-0.4, -0.2) is 30.6 Å². The number of carbonyl (C=O) groups excluding carboxylic acids is 1. The highest BCUT2D eigenvalue weighted by atomic mass is 16.6. The summed E-state index contributed by atoms with van der Waals surface area (Å²) in [6, 6.07) is 13.5. The van der Waals surface area contributed by atoms with E-state index in [0.29, 0.717) is 42.7 Å². The number of nitrogens with zero attached hydrogens (tertiary/aromatic N) is 2. The minimum atomic E-state index is -0.162.